The molecule has 0 aliphatic carbocycles. The zero-order valence-corrected chi connectivity index (χ0v) is 12.1. The molecule has 0 spiro atoms. The van der Waals surface area contributed by atoms with E-state index in [9.17, 15) is 4.79 Å². The summed E-state index contributed by atoms with van der Waals surface area (Å²) in [5.74, 6) is 0. The zero-order chi connectivity index (χ0) is 14.7. The average molecular weight is 290 g/mol. The molecule has 4 nitrogen and oxygen atoms in total. The molecule has 4 N–H and O–H groups in total. The number of amides is 2. The third-order valence-electron chi connectivity index (χ3n) is 2.94. The van der Waals surface area contributed by atoms with Crippen molar-refractivity contribution in [2.75, 3.05) is 16.4 Å². The highest BCUT2D eigenvalue weighted by Gasteiger charge is 2.07. The Balaban J connectivity index is 2.10. The molecule has 0 aliphatic heterocycles. The molecule has 0 saturated carbocycles. The first-order valence-corrected chi connectivity index (χ1v) is 6.54. The quantitative estimate of drug-likeness (QED) is 0.726. The summed E-state index contributed by atoms with van der Waals surface area (Å²) >= 11 is 5.86. The Labute approximate surface area is 122 Å². The largest absolute Gasteiger partial charge is 0.398 e. The third kappa shape index (κ3) is 3.42. The van der Waals surface area contributed by atoms with Crippen LogP contribution in [0.25, 0.3) is 0 Å². The molecule has 0 fully saturated rings. The van der Waals surface area contributed by atoms with Gasteiger partial charge in [-0.15, -0.1) is 0 Å². The van der Waals surface area contributed by atoms with E-state index in [2.05, 4.69) is 10.6 Å². The minimum absolute atomic E-state index is 0.335. The van der Waals surface area contributed by atoms with E-state index >= 15 is 0 Å². The van der Waals surface area contributed by atoms with Gasteiger partial charge in [-0.3, -0.25) is 0 Å². The molecule has 104 valence electrons. The van der Waals surface area contributed by atoms with Gasteiger partial charge in [0.2, 0.25) is 0 Å². The Kier molecular flexibility index (Phi) is 4.15. The average Bonchev–Trinajstić information content (AvgIpc) is 2.36. The van der Waals surface area contributed by atoms with E-state index in [4.69, 9.17) is 17.3 Å². The fraction of sp³-hybridized carbons (Fsp3) is 0.133. The molecule has 2 amide bonds. The van der Waals surface area contributed by atoms with Crippen LogP contribution in [0.15, 0.2) is 36.4 Å². The molecule has 2 rings (SSSR count). The lowest BCUT2D eigenvalue weighted by Gasteiger charge is -2.12. The van der Waals surface area contributed by atoms with Crippen LogP contribution in [0.2, 0.25) is 5.02 Å². The second-order valence-electron chi connectivity index (χ2n) is 4.61. The lowest BCUT2D eigenvalue weighted by atomic mass is 10.1. The Morgan fingerprint density at radius 3 is 2.55 bits per heavy atom. The molecule has 5 heteroatoms. The molecule has 0 saturated heterocycles. The number of urea groups is 1. The maximum Gasteiger partial charge on any atom is 0.323 e. The standard InChI is InChI=1S/C15H16ClN3O/c1-9-6-10(2)14(8-13(9)17)19-15(20)18-12-5-3-4-11(16)7-12/h3-8H,17H2,1-2H3,(H2,18,19,20). The summed E-state index contributed by atoms with van der Waals surface area (Å²) in [4.78, 5) is 11.9. The molecule has 2 aromatic rings. The number of benzene rings is 2. The molecule has 2 aromatic carbocycles. The van der Waals surface area contributed by atoms with E-state index in [0.717, 1.165) is 11.1 Å². The Morgan fingerprint density at radius 2 is 1.85 bits per heavy atom. The van der Waals surface area contributed by atoms with Crippen molar-refractivity contribution in [3.63, 3.8) is 0 Å². The number of halogens is 1. The maximum absolute atomic E-state index is 11.9. The fourth-order valence-corrected chi connectivity index (χ4v) is 2.04. The lowest BCUT2D eigenvalue weighted by molar-refractivity contribution is 0.262. The molecule has 0 radical (unpaired) electrons. The van der Waals surface area contributed by atoms with Gasteiger partial charge in [-0.05, 0) is 49.2 Å². The summed E-state index contributed by atoms with van der Waals surface area (Å²) in [5.41, 5.74) is 9.76. The number of anilines is 3. The summed E-state index contributed by atoms with van der Waals surface area (Å²) in [7, 11) is 0. The van der Waals surface area contributed by atoms with Gasteiger partial charge in [0.15, 0.2) is 0 Å². The van der Waals surface area contributed by atoms with E-state index in [-0.39, 0.29) is 6.03 Å². The van der Waals surface area contributed by atoms with Crippen LogP contribution in [-0.2, 0) is 0 Å². The predicted octanol–water partition coefficient (Wildman–Crippen LogP) is 4.18. The van der Waals surface area contributed by atoms with E-state index in [1.165, 1.54) is 0 Å². The smallest absolute Gasteiger partial charge is 0.323 e. The van der Waals surface area contributed by atoms with Crippen LogP contribution < -0.4 is 16.4 Å². The normalized spacial score (nSPS) is 10.2. The number of aryl methyl sites for hydroxylation is 2. The number of nitrogens with two attached hydrogens (primary N) is 1. The summed E-state index contributed by atoms with van der Waals surface area (Å²) in [5, 5.41) is 6.06. The summed E-state index contributed by atoms with van der Waals surface area (Å²) in [6, 6.07) is 10.3. The molecule has 0 heterocycles. The van der Waals surface area contributed by atoms with E-state index in [1.54, 1.807) is 30.3 Å². The van der Waals surface area contributed by atoms with Crippen molar-refractivity contribution >= 4 is 34.7 Å². The van der Waals surface area contributed by atoms with E-state index in [0.29, 0.717) is 22.1 Å². The number of nitrogen functional groups attached to an aromatic ring is 1. The van der Waals surface area contributed by atoms with Crippen molar-refractivity contribution in [1.29, 1.82) is 0 Å². The lowest BCUT2D eigenvalue weighted by Crippen LogP contribution is -2.20. The second kappa shape index (κ2) is 5.84. The molecule has 0 unspecified atom stereocenters. The number of nitrogens with one attached hydrogen (secondary N) is 2. The number of rotatable bonds is 2. The van der Waals surface area contributed by atoms with Gasteiger partial charge in [0, 0.05) is 22.1 Å². The molecular weight excluding hydrogens is 274 g/mol. The maximum atomic E-state index is 11.9. The SMILES string of the molecule is Cc1cc(C)c(NC(=O)Nc2cccc(Cl)c2)cc1N. The minimum atomic E-state index is -0.335. The first-order valence-electron chi connectivity index (χ1n) is 6.16. The van der Waals surface area contributed by atoms with Gasteiger partial charge in [-0.1, -0.05) is 23.7 Å². The van der Waals surface area contributed by atoms with Crippen molar-refractivity contribution in [3.8, 4) is 0 Å². The molecule has 0 bridgehead atoms. The van der Waals surface area contributed by atoms with Crippen LogP contribution in [0, 0.1) is 13.8 Å². The highest BCUT2D eigenvalue weighted by molar-refractivity contribution is 6.30. The molecule has 0 aromatic heterocycles. The van der Waals surface area contributed by atoms with Crippen LogP contribution in [-0.4, -0.2) is 6.03 Å². The van der Waals surface area contributed by atoms with E-state index < -0.39 is 0 Å². The van der Waals surface area contributed by atoms with Crippen molar-refractivity contribution in [1.82, 2.24) is 0 Å². The number of hydrogen-bond acceptors (Lipinski definition) is 2. The van der Waals surface area contributed by atoms with Gasteiger partial charge >= 0.3 is 6.03 Å². The van der Waals surface area contributed by atoms with Gasteiger partial charge in [0.05, 0.1) is 0 Å². The van der Waals surface area contributed by atoms with Crippen molar-refractivity contribution < 1.29 is 4.79 Å². The minimum Gasteiger partial charge on any atom is -0.398 e. The first kappa shape index (κ1) is 14.2. The zero-order valence-electron chi connectivity index (χ0n) is 11.3. The molecular formula is C15H16ClN3O. The fourth-order valence-electron chi connectivity index (χ4n) is 1.85. The van der Waals surface area contributed by atoms with Crippen molar-refractivity contribution in [3.05, 3.63) is 52.5 Å². The van der Waals surface area contributed by atoms with E-state index in [1.807, 2.05) is 19.9 Å². The Hall–Kier alpha value is -2.20. The third-order valence-corrected chi connectivity index (χ3v) is 3.18. The topological polar surface area (TPSA) is 67.2 Å². The van der Waals surface area contributed by atoms with Crippen LogP contribution in [0.4, 0.5) is 21.9 Å². The van der Waals surface area contributed by atoms with Crippen LogP contribution in [0.3, 0.4) is 0 Å². The summed E-state index contributed by atoms with van der Waals surface area (Å²) in [6.07, 6.45) is 0. The van der Waals surface area contributed by atoms with Gasteiger partial charge in [-0.25, -0.2) is 4.79 Å². The van der Waals surface area contributed by atoms with Gasteiger partial charge in [-0.2, -0.15) is 0 Å². The Morgan fingerprint density at radius 1 is 1.10 bits per heavy atom. The van der Waals surface area contributed by atoms with Crippen LogP contribution in [0.1, 0.15) is 11.1 Å². The van der Waals surface area contributed by atoms with Crippen LogP contribution in [0.5, 0.6) is 0 Å². The molecule has 0 aliphatic rings. The number of carbonyl (C=O) groups excluding carboxylic acids is 1. The highest BCUT2D eigenvalue weighted by atomic mass is 35.5. The molecule has 0 atom stereocenters. The van der Waals surface area contributed by atoms with Crippen molar-refractivity contribution in [2.24, 2.45) is 0 Å². The summed E-state index contributed by atoms with van der Waals surface area (Å²) < 4.78 is 0. The number of carbonyl (C=O) groups is 1. The predicted molar refractivity (Wildman–Crippen MR) is 84.4 cm³/mol. The van der Waals surface area contributed by atoms with Gasteiger partial charge in [0.25, 0.3) is 0 Å². The monoisotopic (exact) mass is 289 g/mol. The van der Waals surface area contributed by atoms with Gasteiger partial charge in [0.1, 0.15) is 0 Å². The van der Waals surface area contributed by atoms with Crippen molar-refractivity contribution in [2.45, 2.75) is 13.8 Å². The molecule has 20 heavy (non-hydrogen) atoms. The Bertz CT molecular complexity index is 656. The number of hydrogen-bond donors (Lipinski definition) is 3. The van der Waals surface area contributed by atoms with Gasteiger partial charge < -0.3 is 16.4 Å². The van der Waals surface area contributed by atoms with Crippen LogP contribution >= 0.6 is 11.6 Å². The first-order chi connectivity index (χ1) is 9.45. The summed E-state index contributed by atoms with van der Waals surface area (Å²) in [6.45, 7) is 3.85. The highest BCUT2D eigenvalue weighted by Crippen LogP contribution is 2.22. The second-order valence-corrected chi connectivity index (χ2v) is 5.05.